The topological polar surface area (TPSA) is 258 Å². The molecule has 0 bridgehead atoms. The molecule has 14 nitrogen and oxygen atoms in total. The van der Waals surface area contributed by atoms with Crippen molar-refractivity contribution < 1.29 is 29.1 Å². The second kappa shape index (κ2) is 14.9. The zero-order valence-electron chi connectivity index (χ0n) is 17.7. The molecular weight excluding hydrogens is 444 g/mol. The molecule has 0 aromatic rings. The van der Waals surface area contributed by atoms with Crippen molar-refractivity contribution in [1.82, 2.24) is 16.0 Å². The van der Waals surface area contributed by atoms with Gasteiger partial charge < -0.3 is 44.0 Å². The number of hydrogen-bond donors (Lipinski definition) is 9. The summed E-state index contributed by atoms with van der Waals surface area (Å²) in [6.07, 6.45) is 0.280. The zero-order valence-corrected chi connectivity index (χ0v) is 18.6. The Morgan fingerprint density at radius 1 is 0.938 bits per heavy atom. The van der Waals surface area contributed by atoms with Gasteiger partial charge in [0, 0.05) is 18.7 Å². The van der Waals surface area contributed by atoms with Gasteiger partial charge >= 0.3 is 5.97 Å². The fourth-order valence-electron chi connectivity index (χ4n) is 2.32. The quantitative estimate of drug-likeness (QED) is 0.0483. The Kier molecular flexibility index (Phi) is 13.4. The van der Waals surface area contributed by atoms with Gasteiger partial charge in [-0.25, -0.2) is 0 Å². The van der Waals surface area contributed by atoms with Crippen molar-refractivity contribution in [1.29, 1.82) is 0 Å². The second-order valence-corrected chi connectivity index (χ2v) is 7.30. The van der Waals surface area contributed by atoms with Gasteiger partial charge in [-0.3, -0.25) is 29.0 Å². The number of carbonyl (C=O) groups is 5. The molecule has 0 aromatic carbocycles. The highest BCUT2D eigenvalue weighted by atomic mass is 32.1. The molecule has 0 radical (unpaired) electrons. The molecule has 4 atom stereocenters. The standard InChI is InChI=1S/C17H32N8O6S/c1-8(16(30)31)23-15(29)11(7-32)25-14(28)10(3-2-6-22-17(20)21)24-13(27)9(18)4-5-12(19)26/h8-11,32H,2-7,18H2,1H3,(H2,19,26)(H,23,29)(H,24,27)(H,25,28)(H,30,31)(H4,20,21,22). The van der Waals surface area contributed by atoms with Gasteiger partial charge in [0.15, 0.2) is 5.96 Å². The minimum atomic E-state index is -1.25. The van der Waals surface area contributed by atoms with Crippen LogP contribution in [0.25, 0.3) is 0 Å². The number of rotatable bonds is 15. The molecule has 0 aliphatic heterocycles. The van der Waals surface area contributed by atoms with Gasteiger partial charge in [0.05, 0.1) is 6.04 Å². The molecule has 15 heteroatoms. The molecule has 0 aliphatic carbocycles. The maximum atomic E-state index is 12.7. The van der Waals surface area contributed by atoms with E-state index in [-0.39, 0.29) is 37.5 Å². The van der Waals surface area contributed by atoms with Crippen LogP contribution in [0.3, 0.4) is 0 Å². The van der Waals surface area contributed by atoms with Crippen LogP contribution in [0, 0.1) is 0 Å². The average Bonchev–Trinajstić information content (AvgIpc) is 2.71. The lowest BCUT2D eigenvalue weighted by molar-refractivity contribution is -0.141. The molecular formula is C17H32N8O6S. The van der Waals surface area contributed by atoms with E-state index in [0.29, 0.717) is 6.42 Å². The number of aliphatic carboxylic acids is 1. The Labute approximate surface area is 190 Å². The van der Waals surface area contributed by atoms with Crippen LogP contribution in [0.2, 0.25) is 0 Å². The first kappa shape index (κ1) is 28.9. The monoisotopic (exact) mass is 476 g/mol. The van der Waals surface area contributed by atoms with Gasteiger partial charge in [-0.1, -0.05) is 0 Å². The van der Waals surface area contributed by atoms with E-state index >= 15 is 0 Å². The predicted octanol–water partition coefficient (Wildman–Crippen LogP) is -3.88. The fraction of sp³-hybridized carbons (Fsp3) is 0.647. The SMILES string of the molecule is CC(NC(=O)C(CS)NC(=O)C(CCCN=C(N)N)NC(=O)C(N)CCC(N)=O)C(=O)O. The van der Waals surface area contributed by atoms with Crippen LogP contribution in [0.15, 0.2) is 4.99 Å². The number of nitrogens with zero attached hydrogens (tertiary/aromatic N) is 1. The summed E-state index contributed by atoms with van der Waals surface area (Å²) >= 11 is 4.01. The van der Waals surface area contributed by atoms with Crippen molar-refractivity contribution in [2.24, 2.45) is 27.9 Å². The third kappa shape index (κ3) is 11.9. The number of thiol groups is 1. The average molecular weight is 477 g/mol. The summed E-state index contributed by atoms with van der Waals surface area (Å²) in [4.78, 5) is 62.9. The van der Waals surface area contributed by atoms with E-state index in [9.17, 15) is 24.0 Å². The number of amides is 4. The number of nitrogens with one attached hydrogen (secondary N) is 3. The summed E-state index contributed by atoms with van der Waals surface area (Å²) in [5.74, 6) is -4.32. The summed E-state index contributed by atoms with van der Waals surface area (Å²) in [7, 11) is 0. The van der Waals surface area contributed by atoms with Crippen LogP contribution in [0.4, 0.5) is 0 Å². The number of primary amides is 1. The Morgan fingerprint density at radius 2 is 1.50 bits per heavy atom. The van der Waals surface area contributed by atoms with Crippen molar-refractivity contribution in [3.8, 4) is 0 Å². The Hall–Kier alpha value is -3.07. The van der Waals surface area contributed by atoms with Crippen LogP contribution in [-0.2, 0) is 24.0 Å². The van der Waals surface area contributed by atoms with E-state index in [0.717, 1.165) is 0 Å². The lowest BCUT2D eigenvalue weighted by atomic mass is 10.1. The first-order valence-corrected chi connectivity index (χ1v) is 10.4. The molecule has 0 aliphatic rings. The molecule has 0 rings (SSSR count). The first-order valence-electron chi connectivity index (χ1n) is 9.73. The molecule has 182 valence electrons. The van der Waals surface area contributed by atoms with E-state index < -0.39 is 53.8 Å². The lowest BCUT2D eigenvalue weighted by Gasteiger charge is -2.24. The minimum absolute atomic E-state index is 0.0156. The maximum absolute atomic E-state index is 12.7. The van der Waals surface area contributed by atoms with Crippen LogP contribution in [0.5, 0.6) is 0 Å². The largest absolute Gasteiger partial charge is 0.480 e. The lowest BCUT2D eigenvalue weighted by Crippen LogP contribution is -2.57. The number of carboxylic acids is 1. The normalized spacial score (nSPS) is 14.2. The van der Waals surface area contributed by atoms with Gasteiger partial charge in [-0.05, 0) is 26.2 Å². The Balaban J connectivity index is 5.22. The molecule has 0 saturated carbocycles. The van der Waals surface area contributed by atoms with E-state index in [2.05, 4.69) is 33.6 Å². The number of aliphatic imine (C=N–C) groups is 1. The van der Waals surface area contributed by atoms with E-state index in [4.69, 9.17) is 28.0 Å². The summed E-state index contributed by atoms with van der Waals surface area (Å²) < 4.78 is 0. The molecule has 4 amide bonds. The molecule has 0 aromatic heterocycles. The van der Waals surface area contributed by atoms with Crippen molar-refractivity contribution in [3.63, 3.8) is 0 Å². The minimum Gasteiger partial charge on any atom is -0.480 e. The van der Waals surface area contributed by atoms with Gasteiger partial charge in [-0.2, -0.15) is 12.6 Å². The summed E-state index contributed by atoms with van der Waals surface area (Å²) in [5, 5.41) is 16.0. The molecule has 12 N–H and O–H groups in total. The molecule has 0 fully saturated rings. The fourth-order valence-corrected chi connectivity index (χ4v) is 2.58. The van der Waals surface area contributed by atoms with E-state index in [1.807, 2.05) is 0 Å². The van der Waals surface area contributed by atoms with E-state index in [1.165, 1.54) is 6.92 Å². The van der Waals surface area contributed by atoms with Crippen molar-refractivity contribution in [2.75, 3.05) is 12.3 Å². The Bertz CT molecular complexity index is 715. The highest BCUT2D eigenvalue weighted by molar-refractivity contribution is 7.80. The number of hydrogen-bond acceptors (Lipinski definition) is 8. The van der Waals surface area contributed by atoms with Crippen molar-refractivity contribution in [3.05, 3.63) is 0 Å². The van der Waals surface area contributed by atoms with Crippen LogP contribution in [-0.4, -0.2) is 77.1 Å². The predicted molar refractivity (Wildman–Crippen MR) is 119 cm³/mol. The van der Waals surface area contributed by atoms with Crippen molar-refractivity contribution in [2.45, 2.75) is 56.8 Å². The van der Waals surface area contributed by atoms with Gasteiger partial charge in [0.1, 0.15) is 18.1 Å². The van der Waals surface area contributed by atoms with Gasteiger partial charge in [0.2, 0.25) is 23.6 Å². The molecule has 0 spiro atoms. The summed E-state index contributed by atoms with van der Waals surface area (Å²) in [6, 6.07) is -4.53. The molecule has 32 heavy (non-hydrogen) atoms. The number of nitrogens with two attached hydrogens (primary N) is 4. The number of carboxylic acid groups (broad SMARTS) is 1. The number of guanidine groups is 1. The summed E-state index contributed by atoms with van der Waals surface area (Å²) in [5.41, 5.74) is 21.3. The Morgan fingerprint density at radius 3 is 2.00 bits per heavy atom. The highest BCUT2D eigenvalue weighted by Gasteiger charge is 2.28. The first-order chi connectivity index (χ1) is 14.9. The van der Waals surface area contributed by atoms with Crippen LogP contribution < -0.4 is 38.9 Å². The van der Waals surface area contributed by atoms with E-state index in [1.54, 1.807) is 0 Å². The number of carbonyl (C=O) groups excluding carboxylic acids is 4. The molecule has 0 saturated heterocycles. The summed E-state index contributed by atoms with van der Waals surface area (Å²) in [6.45, 7) is 1.44. The smallest absolute Gasteiger partial charge is 0.325 e. The van der Waals surface area contributed by atoms with Crippen LogP contribution >= 0.6 is 12.6 Å². The van der Waals surface area contributed by atoms with Crippen LogP contribution in [0.1, 0.15) is 32.6 Å². The van der Waals surface area contributed by atoms with Gasteiger partial charge in [-0.15, -0.1) is 0 Å². The second-order valence-electron chi connectivity index (χ2n) is 6.93. The maximum Gasteiger partial charge on any atom is 0.325 e. The molecule has 4 unspecified atom stereocenters. The third-order valence-electron chi connectivity index (χ3n) is 4.16. The van der Waals surface area contributed by atoms with Crippen molar-refractivity contribution >= 4 is 48.2 Å². The molecule has 0 heterocycles. The third-order valence-corrected chi connectivity index (χ3v) is 4.53. The zero-order chi connectivity index (χ0) is 24.8. The van der Waals surface area contributed by atoms with Gasteiger partial charge in [0.25, 0.3) is 0 Å². The highest BCUT2D eigenvalue weighted by Crippen LogP contribution is 2.03.